The van der Waals surface area contributed by atoms with Crippen LogP contribution in [0.25, 0.3) is 0 Å². The number of hydrogen-bond donors (Lipinski definition) is 0. The molecule has 1 aliphatic rings. The van der Waals surface area contributed by atoms with E-state index in [-0.39, 0.29) is 5.78 Å². The van der Waals surface area contributed by atoms with Crippen molar-refractivity contribution >= 4 is 28.7 Å². The summed E-state index contributed by atoms with van der Waals surface area (Å²) in [5.41, 5.74) is 2.95. The lowest BCUT2D eigenvalue weighted by molar-refractivity contribution is 0.104. The Morgan fingerprint density at radius 3 is 2.82 bits per heavy atom. The SMILES string of the molecule is O=C(c1ccc2c(c1)COC2)c1sccc1Cl. The van der Waals surface area contributed by atoms with Gasteiger partial charge in [-0.3, -0.25) is 4.79 Å². The van der Waals surface area contributed by atoms with E-state index in [1.807, 2.05) is 23.6 Å². The molecule has 0 N–H and O–H groups in total. The molecular weight excluding hydrogens is 256 g/mol. The maximum Gasteiger partial charge on any atom is 0.204 e. The highest BCUT2D eigenvalue weighted by Gasteiger charge is 2.17. The lowest BCUT2D eigenvalue weighted by Gasteiger charge is -2.02. The van der Waals surface area contributed by atoms with Crippen molar-refractivity contribution in [1.82, 2.24) is 0 Å². The van der Waals surface area contributed by atoms with E-state index in [1.165, 1.54) is 16.9 Å². The summed E-state index contributed by atoms with van der Waals surface area (Å²) >= 11 is 7.34. The zero-order valence-corrected chi connectivity index (χ0v) is 10.5. The van der Waals surface area contributed by atoms with E-state index >= 15 is 0 Å². The largest absolute Gasteiger partial charge is 0.372 e. The molecule has 0 saturated carbocycles. The summed E-state index contributed by atoms with van der Waals surface area (Å²) in [5, 5.41) is 2.35. The number of hydrogen-bond acceptors (Lipinski definition) is 3. The van der Waals surface area contributed by atoms with Gasteiger partial charge in [-0.05, 0) is 28.6 Å². The van der Waals surface area contributed by atoms with E-state index in [9.17, 15) is 4.79 Å². The molecule has 0 atom stereocenters. The second-order valence-electron chi connectivity index (χ2n) is 3.90. The molecule has 1 aromatic heterocycles. The smallest absolute Gasteiger partial charge is 0.204 e. The fourth-order valence-corrected chi connectivity index (χ4v) is 3.00. The molecule has 0 amide bonds. The van der Waals surface area contributed by atoms with Crippen molar-refractivity contribution in [1.29, 1.82) is 0 Å². The van der Waals surface area contributed by atoms with Crippen molar-refractivity contribution < 1.29 is 9.53 Å². The van der Waals surface area contributed by atoms with E-state index < -0.39 is 0 Å². The Morgan fingerprint density at radius 1 is 1.24 bits per heavy atom. The monoisotopic (exact) mass is 264 g/mol. The van der Waals surface area contributed by atoms with Crippen LogP contribution in [0.5, 0.6) is 0 Å². The lowest BCUT2D eigenvalue weighted by Crippen LogP contribution is -2.00. The lowest BCUT2D eigenvalue weighted by atomic mass is 10.0. The number of fused-ring (bicyclic) bond motifs is 1. The number of benzene rings is 1. The second-order valence-corrected chi connectivity index (χ2v) is 5.23. The third-order valence-electron chi connectivity index (χ3n) is 2.81. The average Bonchev–Trinajstić information content (AvgIpc) is 2.95. The highest BCUT2D eigenvalue weighted by molar-refractivity contribution is 7.13. The maximum atomic E-state index is 12.2. The van der Waals surface area contributed by atoms with Crippen molar-refractivity contribution in [2.45, 2.75) is 13.2 Å². The number of rotatable bonds is 2. The van der Waals surface area contributed by atoms with E-state index in [1.54, 1.807) is 6.07 Å². The topological polar surface area (TPSA) is 26.3 Å². The van der Waals surface area contributed by atoms with Crippen LogP contribution in [-0.4, -0.2) is 5.78 Å². The van der Waals surface area contributed by atoms with Crippen LogP contribution in [0, 0.1) is 0 Å². The van der Waals surface area contributed by atoms with E-state index in [0.29, 0.717) is 28.7 Å². The van der Waals surface area contributed by atoms with Crippen LogP contribution in [-0.2, 0) is 18.0 Å². The predicted octanol–water partition coefficient (Wildman–Crippen LogP) is 3.66. The molecule has 2 heterocycles. The normalized spacial score (nSPS) is 13.7. The zero-order chi connectivity index (χ0) is 11.8. The van der Waals surface area contributed by atoms with Gasteiger partial charge >= 0.3 is 0 Å². The van der Waals surface area contributed by atoms with Crippen molar-refractivity contribution in [3.8, 4) is 0 Å². The van der Waals surface area contributed by atoms with Gasteiger partial charge in [0.1, 0.15) is 0 Å². The minimum Gasteiger partial charge on any atom is -0.372 e. The molecule has 0 saturated heterocycles. The molecule has 1 aliphatic heterocycles. The van der Waals surface area contributed by atoms with Gasteiger partial charge in [0, 0.05) is 5.56 Å². The molecule has 86 valence electrons. The molecule has 0 aliphatic carbocycles. The first-order valence-corrected chi connectivity index (χ1v) is 6.49. The molecule has 3 rings (SSSR count). The Bertz CT molecular complexity index is 589. The van der Waals surface area contributed by atoms with Crippen LogP contribution in [0.3, 0.4) is 0 Å². The summed E-state index contributed by atoms with van der Waals surface area (Å²) in [6, 6.07) is 7.44. The van der Waals surface area contributed by atoms with Gasteiger partial charge in [-0.1, -0.05) is 23.7 Å². The number of ether oxygens (including phenoxy) is 1. The first-order chi connectivity index (χ1) is 8.25. The Balaban J connectivity index is 2.00. The molecule has 17 heavy (non-hydrogen) atoms. The molecule has 0 unspecified atom stereocenters. The minimum atomic E-state index is -0.0142. The Kier molecular flexibility index (Phi) is 2.74. The zero-order valence-electron chi connectivity index (χ0n) is 8.90. The standard InChI is InChI=1S/C13H9ClO2S/c14-11-3-4-17-13(11)12(15)8-1-2-9-6-16-7-10(9)5-8/h1-5H,6-7H2. The first-order valence-electron chi connectivity index (χ1n) is 5.23. The number of ketones is 1. The average molecular weight is 265 g/mol. The third-order valence-corrected chi connectivity index (χ3v) is 4.15. The van der Waals surface area contributed by atoms with Crippen LogP contribution in [0.15, 0.2) is 29.6 Å². The first kappa shape index (κ1) is 11.0. The van der Waals surface area contributed by atoms with Gasteiger partial charge in [0.05, 0.1) is 23.1 Å². The van der Waals surface area contributed by atoms with E-state index in [0.717, 1.165) is 5.56 Å². The third kappa shape index (κ3) is 1.90. The number of carbonyl (C=O) groups excluding carboxylic acids is 1. The van der Waals surface area contributed by atoms with Crippen LogP contribution < -0.4 is 0 Å². The van der Waals surface area contributed by atoms with Crippen molar-refractivity contribution in [2.75, 3.05) is 0 Å². The number of halogens is 1. The molecule has 2 nitrogen and oxygen atoms in total. The second kappa shape index (κ2) is 4.26. The molecule has 4 heteroatoms. The minimum absolute atomic E-state index is 0.0142. The molecule has 0 bridgehead atoms. The fourth-order valence-electron chi connectivity index (χ4n) is 1.90. The van der Waals surface area contributed by atoms with E-state index in [4.69, 9.17) is 16.3 Å². The number of carbonyl (C=O) groups is 1. The summed E-state index contributed by atoms with van der Waals surface area (Å²) in [4.78, 5) is 12.8. The van der Waals surface area contributed by atoms with Gasteiger partial charge in [-0.25, -0.2) is 0 Å². The molecule has 2 aromatic rings. The van der Waals surface area contributed by atoms with Crippen molar-refractivity contribution in [2.24, 2.45) is 0 Å². The summed E-state index contributed by atoms with van der Waals surface area (Å²) in [5.74, 6) is -0.0142. The van der Waals surface area contributed by atoms with Gasteiger partial charge in [0.2, 0.25) is 5.78 Å². The highest BCUT2D eigenvalue weighted by atomic mass is 35.5. The van der Waals surface area contributed by atoms with Crippen molar-refractivity contribution in [3.05, 3.63) is 56.2 Å². The molecule has 0 spiro atoms. The summed E-state index contributed by atoms with van der Waals surface area (Å²) in [6.07, 6.45) is 0. The van der Waals surface area contributed by atoms with E-state index in [2.05, 4.69) is 0 Å². The molecule has 1 aromatic carbocycles. The molecular formula is C13H9ClO2S. The highest BCUT2D eigenvalue weighted by Crippen LogP contribution is 2.27. The maximum absolute atomic E-state index is 12.2. The molecule has 0 fully saturated rings. The van der Waals surface area contributed by atoms with Crippen LogP contribution in [0.4, 0.5) is 0 Å². The fraction of sp³-hybridized carbons (Fsp3) is 0.154. The number of thiophene rings is 1. The Labute approximate surface area is 108 Å². The van der Waals surface area contributed by atoms with Gasteiger partial charge in [-0.2, -0.15) is 0 Å². The van der Waals surface area contributed by atoms with Crippen LogP contribution >= 0.6 is 22.9 Å². The van der Waals surface area contributed by atoms with Crippen molar-refractivity contribution in [3.63, 3.8) is 0 Å². The van der Waals surface area contributed by atoms with Crippen LogP contribution in [0.1, 0.15) is 26.4 Å². The summed E-state index contributed by atoms with van der Waals surface area (Å²) in [6.45, 7) is 1.23. The van der Waals surface area contributed by atoms with Gasteiger partial charge in [-0.15, -0.1) is 11.3 Å². The predicted molar refractivity (Wildman–Crippen MR) is 67.7 cm³/mol. The summed E-state index contributed by atoms with van der Waals surface area (Å²) in [7, 11) is 0. The Hall–Kier alpha value is -1.16. The quantitative estimate of drug-likeness (QED) is 0.774. The van der Waals surface area contributed by atoms with Gasteiger partial charge in [0.15, 0.2) is 0 Å². The van der Waals surface area contributed by atoms with Gasteiger partial charge < -0.3 is 4.74 Å². The molecule has 0 radical (unpaired) electrons. The van der Waals surface area contributed by atoms with Crippen LogP contribution in [0.2, 0.25) is 5.02 Å². The Morgan fingerprint density at radius 2 is 2.06 bits per heavy atom. The summed E-state index contributed by atoms with van der Waals surface area (Å²) < 4.78 is 5.33. The van der Waals surface area contributed by atoms with Gasteiger partial charge in [0.25, 0.3) is 0 Å².